The second kappa shape index (κ2) is 11.3. The largest absolute Gasteiger partial charge is 0.497 e. The number of hydrogen-bond donors (Lipinski definition) is 1. The van der Waals surface area contributed by atoms with Gasteiger partial charge < -0.3 is 19.9 Å². The highest BCUT2D eigenvalue weighted by molar-refractivity contribution is 5.78. The fraction of sp³-hybridized carbons (Fsp3) is 0.560. The average Bonchev–Trinajstić information content (AvgIpc) is 2.87. The van der Waals surface area contributed by atoms with E-state index < -0.39 is 0 Å². The van der Waals surface area contributed by atoms with E-state index in [0.717, 1.165) is 89.0 Å². The lowest BCUT2D eigenvalue weighted by Gasteiger charge is -2.36. The van der Waals surface area contributed by atoms with Crippen LogP contribution in [0.25, 0.3) is 0 Å². The van der Waals surface area contributed by atoms with E-state index in [1.165, 1.54) is 5.69 Å². The van der Waals surface area contributed by atoms with Gasteiger partial charge in [0.25, 0.3) is 0 Å². The molecule has 178 valence electrons. The number of rotatable bonds is 8. The molecule has 1 N–H and O–H groups in total. The number of anilines is 2. The number of nitrogens with zero attached hydrogens (tertiary/aromatic N) is 5. The number of amides is 1. The number of carbonyl (C=O) groups excluding carboxylic acids is 1. The van der Waals surface area contributed by atoms with Crippen LogP contribution in [0, 0.1) is 12.8 Å². The Morgan fingerprint density at radius 3 is 2.42 bits per heavy atom. The zero-order chi connectivity index (χ0) is 23.0. The molecule has 3 heterocycles. The van der Waals surface area contributed by atoms with Crippen molar-refractivity contribution in [3.05, 3.63) is 42.2 Å². The van der Waals surface area contributed by atoms with Crippen LogP contribution >= 0.6 is 0 Å². The third-order valence-electron chi connectivity index (χ3n) is 6.69. The summed E-state index contributed by atoms with van der Waals surface area (Å²) in [5.74, 6) is 1.97. The standard InChI is InChI=1S/C25H36N6O2/c1-20-8-12-27-25(28-20)31-14-9-21(10-15-31)24(32)26-11-3-13-29-16-18-30(19-17-29)22-4-6-23(33-2)7-5-22/h4-8,12,21H,3,9-11,13-19H2,1-2H3,(H,26,32). The van der Waals surface area contributed by atoms with Crippen molar-refractivity contribution in [3.8, 4) is 5.75 Å². The van der Waals surface area contributed by atoms with Crippen LogP contribution in [0.3, 0.4) is 0 Å². The second-order valence-corrected chi connectivity index (χ2v) is 8.93. The van der Waals surface area contributed by atoms with Crippen LogP contribution in [0.5, 0.6) is 5.75 Å². The summed E-state index contributed by atoms with van der Waals surface area (Å²) in [5, 5.41) is 3.16. The Morgan fingerprint density at radius 1 is 1.03 bits per heavy atom. The van der Waals surface area contributed by atoms with Gasteiger partial charge in [-0.3, -0.25) is 9.69 Å². The molecule has 0 atom stereocenters. The molecule has 8 heteroatoms. The van der Waals surface area contributed by atoms with Gasteiger partial charge in [0.05, 0.1) is 7.11 Å². The molecule has 1 aromatic heterocycles. The van der Waals surface area contributed by atoms with Crippen LogP contribution in [0.15, 0.2) is 36.5 Å². The van der Waals surface area contributed by atoms with E-state index in [2.05, 4.69) is 42.1 Å². The normalized spacial score (nSPS) is 17.8. The summed E-state index contributed by atoms with van der Waals surface area (Å²) in [5.41, 5.74) is 2.23. The molecule has 0 spiro atoms. The highest BCUT2D eigenvalue weighted by Gasteiger charge is 2.26. The lowest BCUT2D eigenvalue weighted by molar-refractivity contribution is -0.125. The Morgan fingerprint density at radius 2 is 1.76 bits per heavy atom. The van der Waals surface area contributed by atoms with Crippen molar-refractivity contribution in [1.82, 2.24) is 20.2 Å². The highest BCUT2D eigenvalue weighted by atomic mass is 16.5. The molecule has 0 bridgehead atoms. The van der Waals surface area contributed by atoms with Crippen LogP contribution in [0.4, 0.5) is 11.6 Å². The van der Waals surface area contributed by atoms with Crippen molar-refractivity contribution in [1.29, 1.82) is 0 Å². The van der Waals surface area contributed by atoms with Crippen LogP contribution in [0.2, 0.25) is 0 Å². The van der Waals surface area contributed by atoms with Crippen molar-refractivity contribution < 1.29 is 9.53 Å². The first-order chi connectivity index (χ1) is 16.1. The molecule has 1 amide bonds. The van der Waals surface area contributed by atoms with Gasteiger partial charge in [0.15, 0.2) is 0 Å². The zero-order valence-corrected chi connectivity index (χ0v) is 19.9. The second-order valence-electron chi connectivity index (χ2n) is 8.93. The molecule has 2 fully saturated rings. The summed E-state index contributed by atoms with van der Waals surface area (Å²) < 4.78 is 5.25. The van der Waals surface area contributed by atoms with E-state index in [-0.39, 0.29) is 11.8 Å². The average molecular weight is 453 g/mol. The lowest BCUT2D eigenvalue weighted by Crippen LogP contribution is -2.47. The number of aromatic nitrogens is 2. The number of methoxy groups -OCH3 is 1. The van der Waals surface area contributed by atoms with Crippen molar-refractivity contribution in [2.45, 2.75) is 26.2 Å². The van der Waals surface area contributed by atoms with Gasteiger partial charge >= 0.3 is 0 Å². The first kappa shape index (κ1) is 23.3. The number of ether oxygens (including phenoxy) is 1. The maximum absolute atomic E-state index is 12.6. The third kappa shape index (κ3) is 6.35. The topological polar surface area (TPSA) is 73.8 Å². The maximum Gasteiger partial charge on any atom is 0.225 e. The Bertz CT molecular complexity index is 890. The van der Waals surface area contributed by atoms with Crippen LogP contribution in [-0.2, 0) is 4.79 Å². The van der Waals surface area contributed by atoms with Crippen molar-refractivity contribution in [2.75, 3.05) is 69.3 Å². The van der Waals surface area contributed by atoms with Gasteiger partial charge in [-0.15, -0.1) is 0 Å². The molecule has 0 radical (unpaired) electrons. The monoisotopic (exact) mass is 452 g/mol. The number of hydrogen-bond acceptors (Lipinski definition) is 7. The summed E-state index contributed by atoms with van der Waals surface area (Å²) in [6.45, 7) is 9.59. The summed E-state index contributed by atoms with van der Waals surface area (Å²) in [7, 11) is 1.70. The van der Waals surface area contributed by atoms with Gasteiger partial charge in [0, 0.05) is 69.3 Å². The van der Waals surface area contributed by atoms with Crippen molar-refractivity contribution in [2.24, 2.45) is 5.92 Å². The van der Waals surface area contributed by atoms with Gasteiger partial charge in [-0.05, 0) is 63.1 Å². The first-order valence-electron chi connectivity index (χ1n) is 12.1. The van der Waals surface area contributed by atoms with Gasteiger partial charge in [-0.2, -0.15) is 0 Å². The molecule has 8 nitrogen and oxygen atoms in total. The molecular weight excluding hydrogens is 416 g/mol. The number of aryl methyl sites for hydroxylation is 1. The van der Waals surface area contributed by atoms with Crippen molar-refractivity contribution in [3.63, 3.8) is 0 Å². The smallest absolute Gasteiger partial charge is 0.225 e. The Kier molecular flexibility index (Phi) is 7.99. The van der Waals surface area contributed by atoms with Crippen molar-refractivity contribution >= 4 is 17.5 Å². The lowest BCUT2D eigenvalue weighted by atomic mass is 9.96. The fourth-order valence-electron chi connectivity index (χ4n) is 4.61. The van der Waals surface area contributed by atoms with Gasteiger partial charge in [0.2, 0.25) is 11.9 Å². The minimum absolute atomic E-state index is 0.0964. The van der Waals surface area contributed by atoms with Crippen LogP contribution in [-0.4, -0.2) is 80.2 Å². The minimum atomic E-state index is 0.0964. The van der Waals surface area contributed by atoms with E-state index in [4.69, 9.17) is 4.74 Å². The number of piperidine rings is 1. The molecule has 2 aromatic rings. The summed E-state index contributed by atoms with van der Waals surface area (Å²) >= 11 is 0. The van der Waals surface area contributed by atoms with Gasteiger partial charge in [0.1, 0.15) is 5.75 Å². The summed E-state index contributed by atoms with van der Waals surface area (Å²) in [4.78, 5) is 28.6. The molecule has 0 unspecified atom stereocenters. The Labute approximate surface area is 196 Å². The van der Waals surface area contributed by atoms with Crippen LogP contribution in [0.1, 0.15) is 25.0 Å². The Balaban J connectivity index is 1.10. The van der Waals surface area contributed by atoms with E-state index >= 15 is 0 Å². The van der Waals surface area contributed by atoms with Crippen LogP contribution < -0.4 is 19.9 Å². The summed E-state index contributed by atoms with van der Waals surface area (Å²) in [6, 6.07) is 10.2. The molecule has 33 heavy (non-hydrogen) atoms. The number of benzene rings is 1. The maximum atomic E-state index is 12.6. The molecule has 2 aliphatic heterocycles. The first-order valence-corrected chi connectivity index (χ1v) is 12.1. The zero-order valence-electron chi connectivity index (χ0n) is 19.9. The molecule has 0 aliphatic carbocycles. The van der Waals surface area contributed by atoms with E-state index in [0.29, 0.717) is 0 Å². The Hall–Kier alpha value is -2.87. The number of carbonyl (C=O) groups is 1. The number of piperazine rings is 1. The fourth-order valence-corrected chi connectivity index (χ4v) is 4.61. The molecular formula is C25H36N6O2. The predicted octanol–water partition coefficient (Wildman–Crippen LogP) is 2.34. The van der Waals surface area contributed by atoms with E-state index in [1.54, 1.807) is 13.3 Å². The number of nitrogens with one attached hydrogen (secondary N) is 1. The minimum Gasteiger partial charge on any atom is -0.497 e. The highest BCUT2D eigenvalue weighted by Crippen LogP contribution is 2.22. The van der Waals surface area contributed by atoms with Gasteiger partial charge in [-0.25, -0.2) is 9.97 Å². The molecule has 1 aromatic carbocycles. The SMILES string of the molecule is COc1ccc(N2CCN(CCCNC(=O)C3CCN(c4nccc(C)n4)CC3)CC2)cc1. The molecule has 0 saturated carbocycles. The van der Waals surface area contributed by atoms with E-state index in [1.807, 2.05) is 25.1 Å². The molecule has 2 aliphatic rings. The summed E-state index contributed by atoms with van der Waals surface area (Å²) in [6.07, 6.45) is 4.51. The predicted molar refractivity (Wildman–Crippen MR) is 131 cm³/mol. The van der Waals surface area contributed by atoms with Gasteiger partial charge in [-0.1, -0.05) is 0 Å². The molecule has 4 rings (SSSR count). The molecule has 2 saturated heterocycles. The third-order valence-corrected chi connectivity index (χ3v) is 6.69. The quantitative estimate of drug-likeness (QED) is 0.616. The van der Waals surface area contributed by atoms with E-state index in [9.17, 15) is 4.79 Å².